The molecule has 0 aromatic rings. The second kappa shape index (κ2) is 6.05. The average Bonchev–Trinajstić information content (AvgIpc) is 2.27. The molecule has 0 radical (unpaired) electrons. The summed E-state index contributed by atoms with van der Waals surface area (Å²) >= 11 is 0. The maximum absolute atomic E-state index is 12.1. The number of hydrogen-bond donors (Lipinski definition) is 2. The van der Waals surface area contributed by atoms with Gasteiger partial charge in [0.15, 0.2) is 0 Å². The Kier molecular flexibility index (Phi) is 4.66. The quantitative estimate of drug-likeness (QED) is 0.805. The van der Waals surface area contributed by atoms with E-state index in [2.05, 4.69) is 31.4 Å². The molecule has 1 aliphatic carbocycles. The van der Waals surface area contributed by atoms with Gasteiger partial charge in [-0.1, -0.05) is 20.8 Å². The molecule has 1 atom stereocenters. The van der Waals surface area contributed by atoms with Crippen LogP contribution in [0.5, 0.6) is 0 Å². The summed E-state index contributed by atoms with van der Waals surface area (Å²) in [5.41, 5.74) is 0. The molecule has 1 heterocycles. The Bertz CT molecular complexity index is 278. The number of carbonyl (C=O) groups excluding carboxylic acids is 1. The number of carbonyl (C=O) groups is 1. The lowest BCUT2D eigenvalue weighted by Gasteiger charge is -2.35. The fourth-order valence-corrected chi connectivity index (χ4v) is 3.14. The first-order valence-electron chi connectivity index (χ1n) is 7.59. The van der Waals surface area contributed by atoms with Gasteiger partial charge in [0, 0.05) is 12.0 Å². The van der Waals surface area contributed by atoms with Crippen molar-refractivity contribution in [2.24, 2.45) is 23.7 Å². The fourth-order valence-electron chi connectivity index (χ4n) is 3.14. The third-order valence-electron chi connectivity index (χ3n) is 4.99. The highest BCUT2D eigenvalue weighted by atomic mass is 16.1. The zero-order valence-electron chi connectivity index (χ0n) is 12.0. The minimum Gasteiger partial charge on any atom is -0.353 e. The van der Waals surface area contributed by atoms with E-state index in [1.54, 1.807) is 0 Å². The summed E-state index contributed by atoms with van der Waals surface area (Å²) in [6.07, 6.45) is 4.90. The molecule has 1 saturated heterocycles. The van der Waals surface area contributed by atoms with Crippen molar-refractivity contribution >= 4 is 5.91 Å². The number of rotatable bonds is 4. The van der Waals surface area contributed by atoms with Gasteiger partial charge in [-0.2, -0.15) is 0 Å². The average molecular weight is 252 g/mol. The lowest BCUT2D eigenvalue weighted by Crippen LogP contribution is -2.51. The van der Waals surface area contributed by atoms with Crippen LogP contribution in [-0.2, 0) is 4.79 Å². The highest BCUT2D eigenvalue weighted by Crippen LogP contribution is 2.30. The Labute approximate surface area is 111 Å². The molecule has 0 spiro atoms. The Morgan fingerprint density at radius 2 is 1.67 bits per heavy atom. The van der Waals surface area contributed by atoms with Crippen LogP contribution in [0.1, 0.15) is 46.5 Å². The van der Waals surface area contributed by atoms with Gasteiger partial charge in [0.1, 0.15) is 0 Å². The topological polar surface area (TPSA) is 41.1 Å². The predicted molar refractivity (Wildman–Crippen MR) is 74.3 cm³/mol. The molecule has 2 fully saturated rings. The van der Waals surface area contributed by atoms with E-state index in [0.717, 1.165) is 24.9 Å². The fraction of sp³-hybridized carbons (Fsp3) is 0.933. The molecule has 18 heavy (non-hydrogen) atoms. The van der Waals surface area contributed by atoms with Crippen LogP contribution in [0.3, 0.4) is 0 Å². The summed E-state index contributed by atoms with van der Waals surface area (Å²) in [7, 11) is 0. The van der Waals surface area contributed by atoms with Gasteiger partial charge in [0.05, 0.1) is 0 Å². The van der Waals surface area contributed by atoms with Crippen LogP contribution in [0, 0.1) is 23.7 Å². The van der Waals surface area contributed by atoms with Gasteiger partial charge in [-0.15, -0.1) is 0 Å². The first-order chi connectivity index (χ1) is 8.58. The third-order valence-corrected chi connectivity index (χ3v) is 4.99. The van der Waals surface area contributed by atoms with E-state index in [0.29, 0.717) is 12.0 Å². The highest BCUT2D eigenvalue weighted by Gasteiger charge is 2.31. The van der Waals surface area contributed by atoms with Crippen molar-refractivity contribution in [3.8, 4) is 0 Å². The van der Waals surface area contributed by atoms with Gasteiger partial charge in [0.2, 0.25) is 5.91 Å². The summed E-state index contributed by atoms with van der Waals surface area (Å²) in [5.74, 6) is 2.66. The lowest BCUT2D eigenvalue weighted by atomic mass is 9.79. The van der Waals surface area contributed by atoms with Gasteiger partial charge in [-0.05, 0) is 56.5 Å². The van der Waals surface area contributed by atoms with Gasteiger partial charge in [-0.3, -0.25) is 4.79 Å². The maximum atomic E-state index is 12.1. The Morgan fingerprint density at radius 3 is 2.11 bits per heavy atom. The van der Waals surface area contributed by atoms with Crippen LogP contribution in [-0.4, -0.2) is 25.0 Å². The van der Waals surface area contributed by atoms with Crippen molar-refractivity contribution in [2.45, 2.75) is 52.5 Å². The van der Waals surface area contributed by atoms with Crippen molar-refractivity contribution in [3.05, 3.63) is 0 Å². The maximum Gasteiger partial charge on any atom is 0.223 e. The molecule has 0 bridgehead atoms. The highest BCUT2D eigenvalue weighted by molar-refractivity contribution is 5.79. The zero-order chi connectivity index (χ0) is 13.1. The van der Waals surface area contributed by atoms with E-state index < -0.39 is 0 Å². The van der Waals surface area contributed by atoms with Crippen LogP contribution in [0.15, 0.2) is 0 Å². The van der Waals surface area contributed by atoms with Gasteiger partial charge in [0.25, 0.3) is 0 Å². The summed E-state index contributed by atoms with van der Waals surface area (Å²) in [6, 6.07) is 0.433. The first-order valence-corrected chi connectivity index (χ1v) is 7.59. The lowest BCUT2D eigenvalue weighted by molar-refractivity contribution is -0.127. The van der Waals surface area contributed by atoms with E-state index in [4.69, 9.17) is 0 Å². The molecule has 3 heteroatoms. The number of hydrogen-bond acceptors (Lipinski definition) is 2. The summed E-state index contributed by atoms with van der Waals surface area (Å²) in [6.45, 7) is 8.72. The SMILES string of the molecule is CC(C)C1CCC(NC(=O)C(C)C2CNC2)CC1. The summed E-state index contributed by atoms with van der Waals surface area (Å²) < 4.78 is 0. The van der Waals surface area contributed by atoms with Crippen molar-refractivity contribution < 1.29 is 4.79 Å². The van der Waals surface area contributed by atoms with Crippen LogP contribution in [0.2, 0.25) is 0 Å². The smallest absolute Gasteiger partial charge is 0.223 e. The minimum atomic E-state index is 0.175. The number of nitrogens with one attached hydrogen (secondary N) is 2. The van der Waals surface area contributed by atoms with Gasteiger partial charge >= 0.3 is 0 Å². The van der Waals surface area contributed by atoms with Crippen molar-refractivity contribution in [2.75, 3.05) is 13.1 Å². The van der Waals surface area contributed by atoms with Crippen LogP contribution in [0.25, 0.3) is 0 Å². The van der Waals surface area contributed by atoms with E-state index in [1.165, 1.54) is 25.7 Å². The molecule has 3 nitrogen and oxygen atoms in total. The van der Waals surface area contributed by atoms with Crippen LogP contribution >= 0.6 is 0 Å². The zero-order valence-corrected chi connectivity index (χ0v) is 12.0. The summed E-state index contributed by atoms with van der Waals surface area (Å²) in [5, 5.41) is 6.50. The standard InChI is InChI=1S/C15H28N2O/c1-10(2)12-4-6-14(7-5-12)17-15(18)11(3)13-8-16-9-13/h10-14,16H,4-9H2,1-3H3,(H,17,18). The van der Waals surface area contributed by atoms with Crippen molar-refractivity contribution in [1.29, 1.82) is 0 Å². The van der Waals surface area contributed by atoms with Crippen molar-refractivity contribution in [3.63, 3.8) is 0 Å². The van der Waals surface area contributed by atoms with Gasteiger partial charge < -0.3 is 10.6 Å². The minimum absolute atomic E-state index is 0.175. The molecule has 2 N–H and O–H groups in total. The van der Waals surface area contributed by atoms with Crippen LogP contribution in [0.4, 0.5) is 0 Å². The molecule has 0 aromatic carbocycles. The molecule has 1 unspecified atom stereocenters. The Morgan fingerprint density at radius 1 is 1.06 bits per heavy atom. The second-order valence-corrected chi connectivity index (χ2v) is 6.57. The molecule has 0 aromatic heterocycles. The number of amides is 1. The largest absolute Gasteiger partial charge is 0.353 e. The van der Waals surface area contributed by atoms with E-state index in [-0.39, 0.29) is 11.8 Å². The van der Waals surface area contributed by atoms with E-state index in [1.807, 2.05) is 0 Å². The Balaban J connectivity index is 1.72. The van der Waals surface area contributed by atoms with Gasteiger partial charge in [-0.25, -0.2) is 0 Å². The normalized spacial score (nSPS) is 30.9. The van der Waals surface area contributed by atoms with Crippen molar-refractivity contribution in [1.82, 2.24) is 10.6 Å². The third kappa shape index (κ3) is 3.25. The molecule has 1 amide bonds. The second-order valence-electron chi connectivity index (χ2n) is 6.57. The summed E-state index contributed by atoms with van der Waals surface area (Å²) in [4.78, 5) is 12.1. The molecule has 1 aliphatic heterocycles. The van der Waals surface area contributed by atoms with E-state index >= 15 is 0 Å². The predicted octanol–water partition coefficient (Wildman–Crippen LogP) is 2.17. The molecule has 104 valence electrons. The molecular weight excluding hydrogens is 224 g/mol. The van der Waals surface area contributed by atoms with E-state index in [9.17, 15) is 4.79 Å². The van der Waals surface area contributed by atoms with Crippen LogP contribution < -0.4 is 10.6 Å². The molecule has 2 rings (SSSR count). The first kappa shape index (κ1) is 13.9. The molecule has 1 saturated carbocycles. The molecule has 2 aliphatic rings. The Hall–Kier alpha value is -0.570. The molecular formula is C15H28N2O. The monoisotopic (exact) mass is 252 g/mol.